The molecule has 1 N–H and O–H groups in total. The minimum absolute atomic E-state index is 0.284. The summed E-state index contributed by atoms with van der Waals surface area (Å²) in [5.74, 6) is 1.18. The quantitative estimate of drug-likeness (QED) is 0.328. The van der Waals surface area contributed by atoms with Crippen molar-refractivity contribution in [3.63, 3.8) is 0 Å². The lowest BCUT2D eigenvalue weighted by molar-refractivity contribution is -0.128. The van der Waals surface area contributed by atoms with Crippen LogP contribution in [0.4, 0.5) is 0 Å². The van der Waals surface area contributed by atoms with Crippen LogP contribution in [0.25, 0.3) is 0 Å². The minimum Gasteiger partial charge on any atom is -0.494 e. The van der Waals surface area contributed by atoms with Crippen molar-refractivity contribution in [2.45, 2.75) is 39.2 Å². The fourth-order valence-corrected chi connectivity index (χ4v) is 2.63. The Morgan fingerprint density at radius 1 is 1.19 bits per heavy atom. The maximum absolute atomic E-state index is 12.3. The number of nitrogens with one attached hydrogen (secondary N) is 1. The number of halogens is 1. The number of hydrazone groups is 1. The minimum atomic E-state index is -0.606. The summed E-state index contributed by atoms with van der Waals surface area (Å²) in [4.78, 5) is 12.3. The van der Waals surface area contributed by atoms with Gasteiger partial charge in [-0.15, -0.1) is 0 Å². The van der Waals surface area contributed by atoms with E-state index in [-0.39, 0.29) is 5.91 Å². The molecule has 2 rings (SSSR count). The molecule has 0 bridgehead atoms. The van der Waals surface area contributed by atoms with Gasteiger partial charge in [-0.25, -0.2) is 5.43 Å². The Balaban J connectivity index is 1.85. The molecule has 0 aliphatic rings. The van der Waals surface area contributed by atoms with Crippen LogP contribution in [0.3, 0.4) is 0 Å². The van der Waals surface area contributed by atoms with E-state index in [1.165, 1.54) is 0 Å². The maximum Gasteiger partial charge on any atom is 0.281 e. The van der Waals surface area contributed by atoms with Crippen molar-refractivity contribution >= 4 is 28.1 Å². The predicted molar refractivity (Wildman–Crippen MR) is 111 cm³/mol. The molecule has 1 atom stereocenters. The van der Waals surface area contributed by atoms with Crippen LogP contribution in [0, 0.1) is 0 Å². The molecule has 0 aliphatic heterocycles. The summed E-state index contributed by atoms with van der Waals surface area (Å²) in [6.45, 7) is 4.74. The van der Waals surface area contributed by atoms with Crippen LogP contribution in [0.15, 0.2) is 58.1 Å². The molecule has 0 saturated carbocycles. The third-order valence-electron chi connectivity index (χ3n) is 3.77. The van der Waals surface area contributed by atoms with Crippen LogP contribution in [0.2, 0.25) is 0 Å². The summed E-state index contributed by atoms with van der Waals surface area (Å²) in [6, 6.07) is 15.0. The number of amides is 1. The van der Waals surface area contributed by atoms with Crippen molar-refractivity contribution in [2.24, 2.45) is 5.10 Å². The van der Waals surface area contributed by atoms with Gasteiger partial charge in [-0.1, -0.05) is 42.3 Å². The zero-order valence-electron chi connectivity index (χ0n) is 15.7. The highest BCUT2D eigenvalue weighted by molar-refractivity contribution is 9.10. The first kappa shape index (κ1) is 21.0. The van der Waals surface area contributed by atoms with Crippen molar-refractivity contribution in [1.82, 2.24) is 5.43 Å². The SMILES string of the molecule is CCCCOc1ccc(/C=N\NC(=O)[C@@H](CC)Oc2cccc(Br)c2)cc1. The third-order valence-corrected chi connectivity index (χ3v) is 4.27. The van der Waals surface area contributed by atoms with Crippen LogP contribution in [0.1, 0.15) is 38.7 Å². The zero-order valence-corrected chi connectivity index (χ0v) is 17.2. The average molecular weight is 433 g/mol. The largest absolute Gasteiger partial charge is 0.494 e. The second-order valence-corrected chi connectivity index (χ2v) is 6.89. The van der Waals surface area contributed by atoms with Crippen molar-refractivity contribution in [1.29, 1.82) is 0 Å². The molecule has 0 spiro atoms. The molecule has 2 aromatic carbocycles. The normalized spacial score (nSPS) is 12.0. The van der Waals surface area contributed by atoms with Gasteiger partial charge < -0.3 is 9.47 Å². The number of unbranched alkanes of at least 4 members (excludes halogenated alkanes) is 1. The molecule has 5 nitrogen and oxygen atoms in total. The number of rotatable bonds is 10. The van der Waals surface area contributed by atoms with Gasteiger partial charge in [0.2, 0.25) is 0 Å². The third kappa shape index (κ3) is 7.43. The number of carbonyl (C=O) groups is 1. The lowest BCUT2D eigenvalue weighted by Crippen LogP contribution is -2.35. The van der Waals surface area contributed by atoms with E-state index in [0.717, 1.165) is 35.2 Å². The summed E-state index contributed by atoms with van der Waals surface area (Å²) in [5.41, 5.74) is 3.41. The van der Waals surface area contributed by atoms with Crippen molar-refractivity contribution in [3.8, 4) is 11.5 Å². The Kier molecular flexibility index (Phi) is 8.84. The smallest absolute Gasteiger partial charge is 0.281 e. The molecule has 144 valence electrons. The Morgan fingerprint density at radius 2 is 1.96 bits per heavy atom. The standard InChI is InChI=1S/C21H25BrN2O3/c1-3-5-13-26-18-11-9-16(10-12-18)15-23-24-21(25)20(4-2)27-19-8-6-7-17(22)14-19/h6-12,14-15,20H,3-5,13H2,1-2H3,(H,24,25)/b23-15-/t20-/m1/s1. The summed E-state index contributed by atoms with van der Waals surface area (Å²) < 4.78 is 12.3. The number of carbonyl (C=O) groups excluding carboxylic acids is 1. The van der Waals surface area contributed by atoms with Gasteiger partial charge in [-0.2, -0.15) is 5.10 Å². The molecule has 0 heterocycles. The topological polar surface area (TPSA) is 59.9 Å². The number of nitrogens with zero attached hydrogens (tertiary/aromatic N) is 1. The maximum atomic E-state index is 12.3. The van der Waals surface area contributed by atoms with Crippen LogP contribution in [0.5, 0.6) is 11.5 Å². The fraction of sp³-hybridized carbons (Fsp3) is 0.333. The van der Waals surface area contributed by atoms with E-state index in [4.69, 9.17) is 9.47 Å². The molecular formula is C21H25BrN2O3. The lowest BCUT2D eigenvalue weighted by Gasteiger charge is -2.15. The first-order chi connectivity index (χ1) is 13.1. The molecule has 2 aromatic rings. The van der Waals surface area contributed by atoms with E-state index in [0.29, 0.717) is 12.2 Å². The number of ether oxygens (including phenoxy) is 2. The van der Waals surface area contributed by atoms with Gasteiger partial charge in [0.15, 0.2) is 6.10 Å². The van der Waals surface area contributed by atoms with Gasteiger partial charge in [-0.05, 0) is 60.9 Å². The Bertz CT molecular complexity index is 747. The Hall–Kier alpha value is -2.34. The van der Waals surface area contributed by atoms with Gasteiger partial charge in [0.25, 0.3) is 5.91 Å². The monoisotopic (exact) mass is 432 g/mol. The van der Waals surface area contributed by atoms with Crippen molar-refractivity contribution < 1.29 is 14.3 Å². The molecular weight excluding hydrogens is 408 g/mol. The molecule has 0 unspecified atom stereocenters. The Morgan fingerprint density at radius 3 is 2.63 bits per heavy atom. The van der Waals surface area contributed by atoms with Crippen LogP contribution in [-0.2, 0) is 4.79 Å². The number of hydrogen-bond donors (Lipinski definition) is 1. The fourth-order valence-electron chi connectivity index (χ4n) is 2.25. The van der Waals surface area contributed by atoms with E-state index in [9.17, 15) is 4.79 Å². The van der Waals surface area contributed by atoms with E-state index in [1.54, 1.807) is 6.21 Å². The number of benzene rings is 2. The highest BCUT2D eigenvalue weighted by atomic mass is 79.9. The van der Waals surface area contributed by atoms with Crippen molar-refractivity contribution in [2.75, 3.05) is 6.61 Å². The highest BCUT2D eigenvalue weighted by Crippen LogP contribution is 2.19. The average Bonchev–Trinajstić information content (AvgIpc) is 2.67. The molecule has 0 radical (unpaired) electrons. The molecule has 1 amide bonds. The molecule has 6 heteroatoms. The van der Waals surface area contributed by atoms with Crippen molar-refractivity contribution in [3.05, 3.63) is 58.6 Å². The van der Waals surface area contributed by atoms with Gasteiger partial charge in [0.05, 0.1) is 12.8 Å². The predicted octanol–water partition coefficient (Wildman–Crippen LogP) is 4.94. The highest BCUT2D eigenvalue weighted by Gasteiger charge is 2.17. The first-order valence-electron chi connectivity index (χ1n) is 9.10. The van der Waals surface area contributed by atoms with Crippen LogP contribution < -0.4 is 14.9 Å². The Labute approximate surface area is 168 Å². The molecule has 0 aliphatic carbocycles. The second-order valence-electron chi connectivity index (χ2n) is 5.98. The summed E-state index contributed by atoms with van der Waals surface area (Å²) in [5, 5.41) is 4.02. The van der Waals surface area contributed by atoms with E-state index < -0.39 is 6.10 Å². The number of hydrogen-bond acceptors (Lipinski definition) is 4. The molecule has 0 fully saturated rings. The van der Waals surface area contributed by atoms with E-state index in [2.05, 4.69) is 33.4 Å². The van der Waals surface area contributed by atoms with Crippen LogP contribution in [-0.4, -0.2) is 24.8 Å². The van der Waals surface area contributed by atoms with Gasteiger partial charge in [-0.3, -0.25) is 4.79 Å². The van der Waals surface area contributed by atoms with E-state index in [1.807, 2.05) is 55.5 Å². The zero-order chi connectivity index (χ0) is 19.5. The van der Waals surface area contributed by atoms with Gasteiger partial charge >= 0.3 is 0 Å². The van der Waals surface area contributed by atoms with Gasteiger partial charge in [0, 0.05) is 4.47 Å². The lowest BCUT2D eigenvalue weighted by atomic mass is 10.2. The molecule has 0 saturated heterocycles. The van der Waals surface area contributed by atoms with Gasteiger partial charge in [0.1, 0.15) is 11.5 Å². The first-order valence-corrected chi connectivity index (χ1v) is 9.89. The summed E-state index contributed by atoms with van der Waals surface area (Å²) in [7, 11) is 0. The molecule has 27 heavy (non-hydrogen) atoms. The molecule has 0 aromatic heterocycles. The summed E-state index contributed by atoms with van der Waals surface area (Å²) >= 11 is 3.39. The second kappa shape index (κ2) is 11.4. The summed E-state index contributed by atoms with van der Waals surface area (Å²) in [6.07, 6.45) is 3.67. The van der Waals surface area contributed by atoms with E-state index >= 15 is 0 Å². The van der Waals surface area contributed by atoms with Crippen LogP contribution >= 0.6 is 15.9 Å².